The number of nitrogens with one attached hydrogen (secondary N) is 1. The number of nitrogens with two attached hydrogens (primary N) is 1. The van der Waals surface area contributed by atoms with Crippen molar-refractivity contribution < 1.29 is 4.79 Å². The van der Waals surface area contributed by atoms with Crippen molar-refractivity contribution in [3.05, 3.63) is 22.3 Å². The first kappa shape index (κ1) is 12.0. The molecule has 0 saturated carbocycles. The summed E-state index contributed by atoms with van der Waals surface area (Å²) in [5.74, 6) is 0.469. The Bertz CT molecular complexity index is 368. The van der Waals surface area contributed by atoms with Crippen molar-refractivity contribution >= 4 is 27.7 Å². The Hall–Kier alpha value is -1.10. The third-order valence-corrected chi connectivity index (χ3v) is 2.37. The molecule has 5 heteroatoms. The zero-order valence-electron chi connectivity index (χ0n) is 8.75. The quantitative estimate of drug-likeness (QED) is 0.878. The van der Waals surface area contributed by atoms with Gasteiger partial charge in [0.1, 0.15) is 5.82 Å². The third-order valence-electron chi connectivity index (χ3n) is 1.94. The maximum absolute atomic E-state index is 10.7. The van der Waals surface area contributed by atoms with Crippen molar-refractivity contribution in [1.82, 2.24) is 4.98 Å². The number of carbonyl (C=O) groups is 1. The Morgan fingerprint density at radius 2 is 2.40 bits per heavy atom. The predicted octanol–water partition coefficient (Wildman–Crippen LogP) is 1.83. The van der Waals surface area contributed by atoms with Crippen LogP contribution in [-0.2, 0) is 4.79 Å². The van der Waals surface area contributed by atoms with E-state index >= 15 is 0 Å². The number of hydrogen-bond donors (Lipinski definition) is 2. The second-order valence-electron chi connectivity index (χ2n) is 3.53. The summed E-state index contributed by atoms with van der Waals surface area (Å²) in [5.41, 5.74) is 6.13. The van der Waals surface area contributed by atoms with E-state index in [0.717, 1.165) is 15.9 Å². The number of nitrogens with zero attached hydrogens (tertiary/aromatic N) is 1. The lowest BCUT2D eigenvalue weighted by Crippen LogP contribution is -2.24. The van der Waals surface area contributed by atoms with Crippen LogP contribution < -0.4 is 11.1 Å². The normalized spacial score (nSPS) is 12.2. The molecular formula is C10H14BrN3O. The molecule has 0 fully saturated rings. The summed E-state index contributed by atoms with van der Waals surface area (Å²) in [6.07, 6.45) is 2.02. The van der Waals surface area contributed by atoms with E-state index in [9.17, 15) is 4.79 Å². The van der Waals surface area contributed by atoms with Crippen molar-refractivity contribution in [2.45, 2.75) is 26.3 Å². The molecule has 0 aliphatic rings. The lowest BCUT2D eigenvalue weighted by Gasteiger charge is -2.14. The maximum atomic E-state index is 10.7. The molecule has 15 heavy (non-hydrogen) atoms. The summed E-state index contributed by atoms with van der Waals surface area (Å²) in [4.78, 5) is 14.9. The molecule has 3 N–H and O–H groups in total. The first-order valence-electron chi connectivity index (χ1n) is 4.66. The number of aromatic nitrogens is 1. The van der Waals surface area contributed by atoms with Crippen LogP contribution in [0.4, 0.5) is 5.82 Å². The molecule has 0 saturated heterocycles. The topological polar surface area (TPSA) is 68.0 Å². The van der Waals surface area contributed by atoms with E-state index in [2.05, 4.69) is 26.2 Å². The van der Waals surface area contributed by atoms with Gasteiger partial charge in [0.25, 0.3) is 0 Å². The number of anilines is 1. The smallest absolute Gasteiger partial charge is 0.219 e. The van der Waals surface area contributed by atoms with E-state index in [1.54, 1.807) is 6.20 Å². The Morgan fingerprint density at radius 1 is 1.73 bits per heavy atom. The molecular weight excluding hydrogens is 258 g/mol. The minimum Gasteiger partial charge on any atom is -0.370 e. The number of pyridine rings is 1. The van der Waals surface area contributed by atoms with E-state index in [0.29, 0.717) is 6.42 Å². The van der Waals surface area contributed by atoms with E-state index in [-0.39, 0.29) is 11.9 Å². The van der Waals surface area contributed by atoms with Crippen LogP contribution in [0.1, 0.15) is 18.9 Å². The van der Waals surface area contributed by atoms with Crippen LogP contribution in [0.3, 0.4) is 0 Å². The number of rotatable bonds is 4. The van der Waals surface area contributed by atoms with Crippen molar-refractivity contribution in [2.75, 3.05) is 5.32 Å². The second kappa shape index (κ2) is 5.11. The Kier molecular flexibility index (Phi) is 4.08. The summed E-state index contributed by atoms with van der Waals surface area (Å²) in [6.45, 7) is 3.85. The molecule has 0 radical (unpaired) electrons. The van der Waals surface area contributed by atoms with E-state index in [4.69, 9.17) is 5.73 Å². The minimum absolute atomic E-state index is 0.00474. The fourth-order valence-corrected chi connectivity index (χ4v) is 1.72. The Balaban J connectivity index is 2.68. The van der Waals surface area contributed by atoms with Gasteiger partial charge in [0, 0.05) is 23.1 Å². The van der Waals surface area contributed by atoms with Gasteiger partial charge in [-0.15, -0.1) is 0 Å². The predicted molar refractivity (Wildman–Crippen MR) is 63.6 cm³/mol. The lowest BCUT2D eigenvalue weighted by atomic mass is 10.2. The fraction of sp³-hybridized carbons (Fsp3) is 0.400. The van der Waals surface area contributed by atoms with Crippen molar-refractivity contribution in [3.63, 3.8) is 0 Å². The molecule has 1 heterocycles. The highest BCUT2D eigenvalue weighted by atomic mass is 79.9. The summed E-state index contributed by atoms with van der Waals surface area (Å²) in [6, 6.07) is 1.96. The van der Waals surface area contributed by atoms with Gasteiger partial charge >= 0.3 is 0 Å². The molecule has 0 spiro atoms. The van der Waals surface area contributed by atoms with Gasteiger partial charge in [-0.1, -0.05) is 0 Å². The van der Waals surface area contributed by atoms with E-state index in [1.807, 2.05) is 19.9 Å². The molecule has 1 atom stereocenters. The highest BCUT2D eigenvalue weighted by Crippen LogP contribution is 2.17. The van der Waals surface area contributed by atoms with Crippen LogP contribution in [0.5, 0.6) is 0 Å². The van der Waals surface area contributed by atoms with Gasteiger partial charge in [-0.3, -0.25) is 4.79 Å². The van der Waals surface area contributed by atoms with E-state index < -0.39 is 0 Å². The van der Waals surface area contributed by atoms with Gasteiger partial charge in [-0.05, 0) is 41.4 Å². The van der Waals surface area contributed by atoms with Gasteiger partial charge in [-0.2, -0.15) is 0 Å². The molecule has 0 aliphatic heterocycles. The van der Waals surface area contributed by atoms with Gasteiger partial charge in [0.15, 0.2) is 0 Å². The van der Waals surface area contributed by atoms with Crippen LogP contribution in [0.25, 0.3) is 0 Å². The van der Waals surface area contributed by atoms with Crippen LogP contribution in [0, 0.1) is 6.92 Å². The van der Waals surface area contributed by atoms with Crippen molar-refractivity contribution in [2.24, 2.45) is 5.73 Å². The van der Waals surface area contributed by atoms with Crippen LogP contribution in [0.2, 0.25) is 0 Å². The zero-order valence-corrected chi connectivity index (χ0v) is 10.3. The van der Waals surface area contributed by atoms with Crippen LogP contribution >= 0.6 is 15.9 Å². The molecule has 0 aromatic carbocycles. The number of hydrogen-bond acceptors (Lipinski definition) is 3. The molecule has 1 aromatic rings. The van der Waals surface area contributed by atoms with E-state index in [1.165, 1.54) is 0 Å². The van der Waals surface area contributed by atoms with Crippen LogP contribution in [0.15, 0.2) is 16.7 Å². The highest BCUT2D eigenvalue weighted by molar-refractivity contribution is 9.10. The molecule has 1 unspecified atom stereocenters. The minimum atomic E-state index is -0.315. The Morgan fingerprint density at radius 3 is 2.93 bits per heavy atom. The van der Waals surface area contributed by atoms with Gasteiger partial charge in [0.2, 0.25) is 5.91 Å². The zero-order chi connectivity index (χ0) is 11.4. The lowest BCUT2D eigenvalue weighted by molar-refractivity contribution is -0.118. The highest BCUT2D eigenvalue weighted by Gasteiger charge is 2.08. The fourth-order valence-electron chi connectivity index (χ4n) is 1.28. The number of primary amides is 1. The summed E-state index contributed by atoms with van der Waals surface area (Å²) in [7, 11) is 0. The first-order chi connectivity index (χ1) is 6.99. The van der Waals surface area contributed by atoms with Gasteiger partial charge in [0.05, 0.1) is 0 Å². The van der Waals surface area contributed by atoms with Crippen molar-refractivity contribution in [3.8, 4) is 0 Å². The molecule has 1 amide bonds. The third kappa shape index (κ3) is 3.87. The number of amides is 1. The first-order valence-corrected chi connectivity index (χ1v) is 5.45. The monoisotopic (exact) mass is 271 g/mol. The average molecular weight is 272 g/mol. The largest absolute Gasteiger partial charge is 0.370 e. The number of aryl methyl sites for hydroxylation is 1. The number of carbonyl (C=O) groups excluding carboxylic acids is 1. The van der Waals surface area contributed by atoms with Gasteiger partial charge < -0.3 is 11.1 Å². The maximum Gasteiger partial charge on any atom is 0.219 e. The summed E-state index contributed by atoms with van der Waals surface area (Å²) < 4.78 is 0.938. The SMILES string of the molecule is Cc1cc(Br)cnc1NC(C)CC(N)=O. The number of halogens is 1. The van der Waals surface area contributed by atoms with Gasteiger partial charge in [-0.25, -0.2) is 4.98 Å². The standard InChI is InChI=1S/C10H14BrN3O/c1-6-3-8(11)5-13-10(6)14-7(2)4-9(12)15/h3,5,7H,4H2,1-2H3,(H2,12,15)(H,13,14). The van der Waals surface area contributed by atoms with Crippen LogP contribution in [-0.4, -0.2) is 16.9 Å². The average Bonchev–Trinajstić information content (AvgIpc) is 2.08. The molecule has 0 aliphatic carbocycles. The summed E-state index contributed by atoms with van der Waals surface area (Å²) >= 11 is 3.34. The molecule has 1 aromatic heterocycles. The molecule has 1 rings (SSSR count). The Labute approximate surface area is 97.4 Å². The molecule has 4 nitrogen and oxygen atoms in total. The molecule has 82 valence electrons. The molecule has 0 bridgehead atoms. The van der Waals surface area contributed by atoms with Crippen molar-refractivity contribution in [1.29, 1.82) is 0 Å². The second-order valence-corrected chi connectivity index (χ2v) is 4.45. The summed E-state index contributed by atoms with van der Waals surface area (Å²) in [5, 5.41) is 3.14.